The molecule has 4 aliphatic rings. The van der Waals surface area contributed by atoms with Crippen LogP contribution in [0.4, 0.5) is 9.18 Å². The van der Waals surface area contributed by atoms with Gasteiger partial charge >= 0.3 is 12.1 Å². The maximum absolute atomic E-state index is 16.8. The van der Waals surface area contributed by atoms with E-state index in [0.717, 1.165) is 12.0 Å². The number of hydrogen-bond acceptors (Lipinski definition) is 6. The highest BCUT2D eigenvalue weighted by molar-refractivity contribution is 6.01. The van der Waals surface area contributed by atoms with Gasteiger partial charge in [-0.25, -0.2) is 14.0 Å². The number of rotatable bonds is 4. The minimum Gasteiger partial charge on any atom is -0.479 e. The summed E-state index contributed by atoms with van der Waals surface area (Å²) in [5.74, 6) is -1.76. The molecular formula is C24H31FO7. The minimum atomic E-state index is -1.84. The number of carboxylic acids is 1. The van der Waals surface area contributed by atoms with E-state index in [-0.39, 0.29) is 17.6 Å². The third kappa shape index (κ3) is 3.29. The predicted octanol–water partition coefficient (Wildman–Crippen LogP) is 3.74. The topological polar surface area (TPSA) is 110 Å². The van der Waals surface area contributed by atoms with E-state index >= 15 is 4.39 Å². The molecule has 0 aromatic heterocycles. The van der Waals surface area contributed by atoms with Crippen LogP contribution in [0.25, 0.3) is 0 Å². The number of halogens is 1. The number of fused-ring (bicyclic) bond motifs is 5. The van der Waals surface area contributed by atoms with Crippen LogP contribution < -0.4 is 0 Å². The molecule has 0 radical (unpaired) electrons. The van der Waals surface area contributed by atoms with Crippen LogP contribution in [0.1, 0.15) is 59.3 Å². The lowest BCUT2D eigenvalue weighted by molar-refractivity contribution is -0.155. The number of alkyl halides is 1. The molecule has 32 heavy (non-hydrogen) atoms. The van der Waals surface area contributed by atoms with Crippen LogP contribution in [0.15, 0.2) is 23.8 Å². The average Bonchev–Trinajstić information content (AvgIpc) is 3.04. The van der Waals surface area contributed by atoms with E-state index in [1.807, 2.05) is 13.8 Å². The Morgan fingerprint density at radius 2 is 1.91 bits per heavy atom. The molecule has 0 saturated heterocycles. The van der Waals surface area contributed by atoms with Crippen molar-refractivity contribution in [1.29, 1.82) is 0 Å². The van der Waals surface area contributed by atoms with E-state index in [2.05, 4.69) is 0 Å². The molecule has 2 N–H and O–H groups in total. The highest BCUT2D eigenvalue weighted by Crippen LogP contribution is 2.68. The lowest BCUT2D eigenvalue weighted by Gasteiger charge is -2.60. The van der Waals surface area contributed by atoms with Crippen LogP contribution in [0.5, 0.6) is 0 Å². The predicted molar refractivity (Wildman–Crippen MR) is 111 cm³/mol. The summed E-state index contributed by atoms with van der Waals surface area (Å²) in [6.45, 7) is 5.21. The third-order valence-electron chi connectivity index (χ3n) is 8.79. The fraction of sp³-hybridized carbons (Fsp3) is 0.708. The van der Waals surface area contributed by atoms with E-state index in [9.17, 15) is 19.5 Å². The standard InChI is InChI=1S/C24H31FO7/c1-13(19(27)20(28)29)31-21(30)32-18-7-6-16-17-5-4-14-12-15(26)8-9-23(14,3)24(17,25)11-10-22(16,18)2/h8-9,12-13,16-19,27H,4-7,10-11H2,1-3H3,(H,28,29)/t13?,16-,17-,18+,19?,22-,23-,24+/m0/s1. The SMILES string of the molecule is CC(OC(=O)O[C@@H]1CC[C@H]2[C@@H]3CCC4=CC(=O)C=C[C@]4(C)[C@@]3(F)CC[C@]12C)C(O)C(=O)O. The molecule has 4 aliphatic carbocycles. The van der Waals surface area contributed by atoms with Gasteiger partial charge in [0.25, 0.3) is 0 Å². The first-order valence-corrected chi connectivity index (χ1v) is 11.3. The molecule has 4 rings (SSSR count). The zero-order valence-corrected chi connectivity index (χ0v) is 18.7. The molecular weight excluding hydrogens is 419 g/mol. The molecule has 0 aromatic rings. The van der Waals surface area contributed by atoms with E-state index < -0.39 is 46.9 Å². The second-order valence-electron chi connectivity index (χ2n) is 10.3. The van der Waals surface area contributed by atoms with Crippen LogP contribution in [-0.2, 0) is 19.1 Å². The Kier molecular flexibility index (Phi) is 5.51. The van der Waals surface area contributed by atoms with Gasteiger partial charge in [-0.2, -0.15) is 0 Å². The van der Waals surface area contributed by atoms with Crippen LogP contribution in [0, 0.1) is 22.7 Å². The highest BCUT2D eigenvalue weighted by Gasteiger charge is 2.67. The Hall–Kier alpha value is -2.22. The summed E-state index contributed by atoms with van der Waals surface area (Å²) < 4.78 is 27.3. The first-order chi connectivity index (χ1) is 14.9. The largest absolute Gasteiger partial charge is 0.508 e. The molecule has 0 spiro atoms. The molecule has 2 unspecified atom stereocenters. The number of aliphatic hydroxyl groups excluding tert-OH is 1. The number of ether oxygens (including phenoxy) is 2. The van der Waals surface area contributed by atoms with Crippen molar-refractivity contribution in [3.8, 4) is 0 Å². The van der Waals surface area contributed by atoms with Gasteiger partial charge in [0.1, 0.15) is 17.9 Å². The zero-order chi connectivity index (χ0) is 23.5. The Labute approximate surface area is 186 Å². The Balaban J connectivity index is 1.50. The van der Waals surface area contributed by atoms with Gasteiger partial charge in [-0.3, -0.25) is 4.79 Å². The number of carboxylic acid groups (broad SMARTS) is 1. The van der Waals surface area contributed by atoms with Crippen molar-refractivity contribution in [3.63, 3.8) is 0 Å². The molecule has 176 valence electrons. The monoisotopic (exact) mass is 450 g/mol. The highest BCUT2D eigenvalue weighted by atomic mass is 19.1. The molecule has 3 saturated carbocycles. The minimum absolute atomic E-state index is 0.0190. The van der Waals surface area contributed by atoms with Crippen molar-refractivity contribution >= 4 is 17.9 Å². The number of carbonyl (C=O) groups excluding carboxylic acids is 2. The first kappa shape index (κ1) is 23.0. The molecule has 0 aliphatic heterocycles. The second kappa shape index (κ2) is 7.68. The van der Waals surface area contributed by atoms with Gasteiger partial charge in [0.05, 0.1) is 0 Å². The summed E-state index contributed by atoms with van der Waals surface area (Å²) in [4.78, 5) is 35.0. The van der Waals surface area contributed by atoms with Crippen LogP contribution in [0.2, 0.25) is 0 Å². The van der Waals surface area contributed by atoms with Crippen LogP contribution in [-0.4, -0.2) is 52.1 Å². The summed E-state index contributed by atoms with van der Waals surface area (Å²) in [6.07, 6.45) is 3.70. The van der Waals surface area contributed by atoms with Crippen LogP contribution in [0.3, 0.4) is 0 Å². The third-order valence-corrected chi connectivity index (χ3v) is 8.79. The Morgan fingerprint density at radius 1 is 1.19 bits per heavy atom. The number of ketones is 1. The van der Waals surface area contributed by atoms with Gasteiger partial charge in [0.2, 0.25) is 0 Å². The van der Waals surface area contributed by atoms with Crippen LogP contribution >= 0.6 is 0 Å². The molecule has 0 amide bonds. The number of aliphatic carboxylic acids is 1. The smallest absolute Gasteiger partial charge is 0.479 e. The summed E-state index contributed by atoms with van der Waals surface area (Å²) in [6, 6.07) is 0. The number of hydrogen-bond donors (Lipinski definition) is 2. The lowest BCUT2D eigenvalue weighted by atomic mass is 9.47. The van der Waals surface area contributed by atoms with Gasteiger partial charge < -0.3 is 19.7 Å². The van der Waals surface area contributed by atoms with Crippen molar-refractivity contribution in [1.82, 2.24) is 0 Å². The normalized spacial score (nSPS) is 42.1. The van der Waals surface area contributed by atoms with Gasteiger partial charge in [-0.1, -0.05) is 18.6 Å². The molecule has 8 heteroatoms. The van der Waals surface area contributed by atoms with E-state index in [0.29, 0.717) is 32.1 Å². The van der Waals surface area contributed by atoms with E-state index in [1.165, 1.54) is 13.0 Å². The Bertz CT molecular complexity index is 897. The molecule has 0 bridgehead atoms. The van der Waals surface area contributed by atoms with Gasteiger partial charge in [-0.15, -0.1) is 0 Å². The maximum Gasteiger partial charge on any atom is 0.508 e. The van der Waals surface area contributed by atoms with E-state index in [1.54, 1.807) is 12.2 Å². The summed E-state index contributed by atoms with van der Waals surface area (Å²) in [5.41, 5.74) is -1.81. The molecule has 0 heterocycles. The number of carbonyl (C=O) groups is 3. The summed E-state index contributed by atoms with van der Waals surface area (Å²) >= 11 is 0. The Morgan fingerprint density at radius 3 is 2.59 bits per heavy atom. The number of allylic oxidation sites excluding steroid dienone is 4. The molecule has 8 atom stereocenters. The molecule has 7 nitrogen and oxygen atoms in total. The fourth-order valence-corrected chi connectivity index (χ4v) is 6.80. The van der Waals surface area contributed by atoms with Crippen molar-refractivity contribution in [3.05, 3.63) is 23.8 Å². The quantitative estimate of drug-likeness (QED) is 0.628. The van der Waals surface area contributed by atoms with Crippen molar-refractivity contribution in [2.75, 3.05) is 0 Å². The van der Waals surface area contributed by atoms with Crippen molar-refractivity contribution in [2.45, 2.75) is 83.3 Å². The lowest BCUT2D eigenvalue weighted by Crippen LogP contribution is -2.60. The van der Waals surface area contributed by atoms with Gasteiger partial charge in [-0.05, 0) is 76.4 Å². The second-order valence-corrected chi connectivity index (χ2v) is 10.3. The van der Waals surface area contributed by atoms with Crippen molar-refractivity contribution < 1.29 is 38.5 Å². The maximum atomic E-state index is 16.8. The molecule has 3 fully saturated rings. The number of aliphatic hydroxyl groups is 1. The van der Waals surface area contributed by atoms with Gasteiger partial charge in [0, 0.05) is 10.8 Å². The summed E-state index contributed by atoms with van der Waals surface area (Å²) in [5, 5.41) is 18.4. The average molecular weight is 451 g/mol. The van der Waals surface area contributed by atoms with Gasteiger partial charge in [0.15, 0.2) is 11.9 Å². The first-order valence-electron chi connectivity index (χ1n) is 11.3. The fourth-order valence-electron chi connectivity index (χ4n) is 6.80. The zero-order valence-electron chi connectivity index (χ0n) is 18.7. The van der Waals surface area contributed by atoms with E-state index in [4.69, 9.17) is 14.6 Å². The van der Waals surface area contributed by atoms with Crippen molar-refractivity contribution in [2.24, 2.45) is 22.7 Å². The summed E-state index contributed by atoms with van der Waals surface area (Å²) in [7, 11) is 0. The molecule has 0 aromatic carbocycles.